The smallest absolute Gasteiger partial charge is 0.158 e. The minimum atomic E-state index is -0.854. The summed E-state index contributed by atoms with van der Waals surface area (Å²) in [6, 6.07) is 0. The molecule has 0 radical (unpaired) electrons. The van der Waals surface area contributed by atoms with Gasteiger partial charge in [-0.05, 0) is 51.4 Å². The molecule has 4 nitrogen and oxygen atoms in total. The number of hydrogen-bond donors (Lipinski definition) is 1. The minimum Gasteiger partial charge on any atom is -0.368 e. The fraction of sp³-hybridized carbons (Fsp3) is 0.850. The number of Topliss-reactive ketones (excluding diaryl/α,β-unsaturated/α-hetero) is 1. The predicted octanol–water partition coefficient (Wildman–Crippen LogP) is 3.08. The molecule has 2 aliphatic carbocycles. The quantitative estimate of drug-likeness (QED) is 0.749. The molecule has 2 aliphatic heterocycles. The van der Waals surface area contributed by atoms with Gasteiger partial charge in [0.05, 0.1) is 11.5 Å². The topological polar surface area (TPSA) is 55.8 Å². The van der Waals surface area contributed by atoms with Crippen LogP contribution >= 0.6 is 0 Å². The molecule has 24 heavy (non-hydrogen) atoms. The Labute approximate surface area is 144 Å². The molecule has 0 aromatic carbocycles. The highest BCUT2D eigenvalue weighted by Crippen LogP contribution is 2.64. The van der Waals surface area contributed by atoms with Gasteiger partial charge in [-0.15, -0.1) is 0 Å². The number of allylic oxidation sites excluding steroid dienone is 1. The first-order chi connectivity index (χ1) is 11.2. The van der Waals surface area contributed by atoms with E-state index in [0.29, 0.717) is 24.0 Å². The van der Waals surface area contributed by atoms with E-state index in [1.807, 2.05) is 20.8 Å². The second-order valence-electron chi connectivity index (χ2n) is 9.09. The van der Waals surface area contributed by atoms with Gasteiger partial charge in [0.15, 0.2) is 6.29 Å². The molecular formula is C20H30O4. The van der Waals surface area contributed by atoms with Crippen molar-refractivity contribution in [2.75, 3.05) is 0 Å². The number of hydrogen-bond acceptors (Lipinski definition) is 4. The maximum atomic E-state index is 13.5. The molecule has 4 rings (SSSR count). The lowest BCUT2D eigenvalue weighted by molar-refractivity contribution is -0.265. The maximum Gasteiger partial charge on any atom is 0.158 e. The number of fused-ring (bicyclic) bond motifs is 1. The summed E-state index contributed by atoms with van der Waals surface area (Å²) in [5, 5.41) is 10.4. The summed E-state index contributed by atoms with van der Waals surface area (Å²) in [5.41, 5.74) is -0.192. The second-order valence-corrected chi connectivity index (χ2v) is 9.09. The summed E-state index contributed by atoms with van der Waals surface area (Å²) in [6.45, 7) is 10.5. The van der Waals surface area contributed by atoms with Crippen molar-refractivity contribution >= 4 is 5.78 Å². The Morgan fingerprint density at radius 2 is 1.96 bits per heavy atom. The van der Waals surface area contributed by atoms with Crippen LogP contribution in [0.25, 0.3) is 0 Å². The van der Waals surface area contributed by atoms with E-state index in [1.165, 1.54) is 0 Å². The number of ketones is 1. The third-order valence-corrected chi connectivity index (χ3v) is 7.30. The number of aliphatic hydroxyl groups excluding tert-OH is 1. The number of carbonyl (C=O) groups is 1. The van der Waals surface area contributed by atoms with Crippen LogP contribution in [-0.4, -0.2) is 34.5 Å². The van der Waals surface area contributed by atoms with Gasteiger partial charge in [0.1, 0.15) is 17.5 Å². The first-order valence-electron chi connectivity index (χ1n) is 9.43. The van der Waals surface area contributed by atoms with Crippen LogP contribution in [-0.2, 0) is 14.3 Å². The van der Waals surface area contributed by atoms with Gasteiger partial charge in [-0.1, -0.05) is 25.5 Å². The average Bonchev–Trinajstić information content (AvgIpc) is 2.91. The van der Waals surface area contributed by atoms with E-state index in [1.54, 1.807) is 0 Å². The minimum absolute atomic E-state index is 0.130. The predicted molar refractivity (Wildman–Crippen MR) is 90.2 cm³/mol. The number of rotatable bonds is 1. The van der Waals surface area contributed by atoms with Crippen LogP contribution in [0.2, 0.25) is 0 Å². The van der Waals surface area contributed by atoms with Gasteiger partial charge < -0.3 is 14.6 Å². The number of carbonyl (C=O) groups excluding carboxylic acids is 1. The van der Waals surface area contributed by atoms with Gasteiger partial charge >= 0.3 is 0 Å². The lowest BCUT2D eigenvalue weighted by Crippen LogP contribution is -2.67. The zero-order chi connectivity index (χ0) is 17.4. The number of aliphatic hydroxyl groups is 1. The summed E-state index contributed by atoms with van der Waals surface area (Å²) >= 11 is 0. The average molecular weight is 334 g/mol. The van der Waals surface area contributed by atoms with Crippen molar-refractivity contribution in [2.24, 2.45) is 29.6 Å². The van der Waals surface area contributed by atoms with Crippen LogP contribution in [0.4, 0.5) is 0 Å². The summed E-state index contributed by atoms with van der Waals surface area (Å²) in [6.07, 6.45) is 3.54. The van der Waals surface area contributed by atoms with Crippen molar-refractivity contribution in [1.29, 1.82) is 0 Å². The zero-order valence-corrected chi connectivity index (χ0v) is 15.4. The molecule has 0 aromatic rings. The first-order valence-corrected chi connectivity index (χ1v) is 9.43. The Morgan fingerprint density at radius 1 is 1.25 bits per heavy atom. The molecule has 0 spiro atoms. The van der Waals surface area contributed by atoms with E-state index in [9.17, 15) is 9.90 Å². The van der Waals surface area contributed by atoms with Gasteiger partial charge in [-0.25, -0.2) is 0 Å². The highest BCUT2D eigenvalue weighted by molar-refractivity contribution is 5.88. The number of ether oxygens (including phenoxy) is 2. The molecule has 0 unspecified atom stereocenters. The van der Waals surface area contributed by atoms with Crippen LogP contribution in [0.1, 0.15) is 53.9 Å². The molecule has 2 saturated carbocycles. The Balaban J connectivity index is 1.88. The summed E-state index contributed by atoms with van der Waals surface area (Å²) in [5.74, 6) is 1.16. The maximum absolute atomic E-state index is 13.5. The Kier molecular flexibility index (Phi) is 3.59. The molecule has 2 saturated heterocycles. The lowest BCUT2D eigenvalue weighted by atomic mass is 9.54. The van der Waals surface area contributed by atoms with E-state index in [2.05, 4.69) is 19.9 Å². The Bertz CT molecular complexity index is 594. The molecule has 0 amide bonds. The summed E-state index contributed by atoms with van der Waals surface area (Å²) in [4.78, 5) is 13.5. The van der Waals surface area contributed by atoms with Crippen molar-refractivity contribution in [3.05, 3.63) is 11.6 Å². The normalized spacial score (nSPS) is 55.9. The van der Waals surface area contributed by atoms with Gasteiger partial charge in [-0.3, -0.25) is 4.79 Å². The fourth-order valence-corrected chi connectivity index (χ4v) is 6.45. The van der Waals surface area contributed by atoms with Crippen LogP contribution in [0.5, 0.6) is 0 Å². The first kappa shape index (κ1) is 16.7. The molecule has 4 fully saturated rings. The third kappa shape index (κ3) is 1.94. The van der Waals surface area contributed by atoms with Gasteiger partial charge in [0.25, 0.3) is 0 Å². The standard InChI is InChI=1S/C20H30O4/c1-10(2)8-14-20-12(4)13-7-6-11(3)16(13)17(22)18(20)19(5,23-14)9-15(21)24-20/h8,11-16,18,21H,6-7,9H2,1-5H3/t11-,12-,13-,14+,15+,16+,18-,19+,20-/m0/s1. The van der Waals surface area contributed by atoms with Crippen molar-refractivity contribution in [3.63, 3.8) is 0 Å². The highest BCUT2D eigenvalue weighted by atomic mass is 16.7. The molecule has 2 bridgehead atoms. The van der Waals surface area contributed by atoms with Gasteiger partial charge in [0, 0.05) is 12.3 Å². The Hall–Kier alpha value is -0.710. The van der Waals surface area contributed by atoms with E-state index >= 15 is 0 Å². The van der Waals surface area contributed by atoms with Crippen molar-refractivity contribution in [2.45, 2.75) is 77.5 Å². The molecule has 0 aromatic heterocycles. The Morgan fingerprint density at radius 3 is 2.62 bits per heavy atom. The third-order valence-electron chi connectivity index (χ3n) is 7.30. The van der Waals surface area contributed by atoms with Crippen molar-refractivity contribution in [3.8, 4) is 0 Å². The van der Waals surface area contributed by atoms with E-state index in [0.717, 1.165) is 18.4 Å². The molecule has 134 valence electrons. The molecule has 9 atom stereocenters. The fourth-order valence-electron chi connectivity index (χ4n) is 6.45. The summed E-state index contributed by atoms with van der Waals surface area (Å²) < 4.78 is 12.7. The van der Waals surface area contributed by atoms with E-state index < -0.39 is 17.5 Å². The second kappa shape index (κ2) is 5.15. The van der Waals surface area contributed by atoms with Crippen molar-refractivity contribution < 1.29 is 19.4 Å². The van der Waals surface area contributed by atoms with Crippen LogP contribution in [0.3, 0.4) is 0 Å². The highest BCUT2D eigenvalue weighted by Gasteiger charge is 2.75. The summed E-state index contributed by atoms with van der Waals surface area (Å²) in [7, 11) is 0. The lowest BCUT2D eigenvalue weighted by Gasteiger charge is -2.55. The van der Waals surface area contributed by atoms with Gasteiger partial charge in [0.2, 0.25) is 0 Å². The van der Waals surface area contributed by atoms with Gasteiger partial charge in [-0.2, -0.15) is 0 Å². The largest absolute Gasteiger partial charge is 0.368 e. The van der Waals surface area contributed by atoms with Crippen molar-refractivity contribution in [1.82, 2.24) is 0 Å². The van der Waals surface area contributed by atoms with Crippen LogP contribution in [0, 0.1) is 29.6 Å². The SMILES string of the molecule is CC(C)=C[C@H]1O[C@]2(C)C[C@H](O)O[C@]13[C@H]2C(=O)[C@H]1[C@@H](CC[C@@H]1C)[C@@H]3C. The molecule has 2 heterocycles. The van der Waals surface area contributed by atoms with Crippen LogP contribution < -0.4 is 0 Å². The molecule has 4 heteroatoms. The zero-order valence-electron chi connectivity index (χ0n) is 15.4. The molecule has 1 N–H and O–H groups in total. The monoisotopic (exact) mass is 334 g/mol. The van der Waals surface area contributed by atoms with Crippen LogP contribution in [0.15, 0.2) is 11.6 Å². The molecular weight excluding hydrogens is 304 g/mol. The van der Waals surface area contributed by atoms with E-state index in [4.69, 9.17) is 9.47 Å². The van der Waals surface area contributed by atoms with E-state index in [-0.39, 0.29) is 23.9 Å². The molecule has 4 aliphatic rings.